The predicted molar refractivity (Wildman–Crippen MR) is 67.2 cm³/mol. The Morgan fingerprint density at radius 3 is 1.16 bits per heavy atom. The monoisotopic (exact) mass is 278 g/mol. The van der Waals surface area contributed by atoms with Gasteiger partial charge >= 0.3 is 0 Å². The molecule has 1 fully saturated rings. The molecular weight excluding hydrogens is 252 g/mol. The zero-order valence-corrected chi connectivity index (χ0v) is 12.8. The molecular formula is C13H26O6. The Balaban J connectivity index is 2.89. The molecule has 0 radical (unpaired) electrons. The lowest BCUT2D eigenvalue weighted by Gasteiger charge is -2.29. The summed E-state index contributed by atoms with van der Waals surface area (Å²) in [5.41, 5.74) is 0. The second-order valence-corrected chi connectivity index (χ2v) is 5.36. The van der Waals surface area contributed by atoms with Gasteiger partial charge in [-0.1, -0.05) is 27.2 Å². The molecule has 0 aromatic heterocycles. The minimum absolute atomic E-state index is 0.551. The summed E-state index contributed by atoms with van der Waals surface area (Å²) in [5, 5.41) is 0. The quantitative estimate of drug-likeness (QED) is 0.732. The van der Waals surface area contributed by atoms with Crippen molar-refractivity contribution in [3.05, 3.63) is 0 Å². The van der Waals surface area contributed by atoms with Gasteiger partial charge in [0.25, 0.3) is 0 Å². The molecule has 2 unspecified atom stereocenters. The summed E-state index contributed by atoms with van der Waals surface area (Å²) >= 11 is 0. The molecule has 1 aliphatic rings. The van der Waals surface area contributed by atoms with Gasteiger partial charge in [0.1, 0.15) is 0 Å². The Kier molecular flexibility index (Phi) is 5.73. The molecule has 0 N–H and O–H groups in total. The van der Waals surface area contributed by atoms with E-state index in [9.17, 15) is 0 Å². The maximum atomic E-state index is 5.38. The average Bonchev–Trinajstić information content (AvgIpc) is 2.45. The van der Waals surface area contributed by atoms with Gasteiger partial charge in [-0.2, -0.15) is 29.3 Å². The molecule has 0 amide bonds. The normalized spacial score (nSPS) is 41.4. The fraction of sp³-hybridized carbons (Fsp3) is 1.00. The van der Waals surface area contributed by atoms with Gasteiger partial charge in [0.05, 0.1) is 0 Å². The van der Waals surface area contributed by atoms with Gasteiger partial charge < -0.3 is 0 Å². The summed E-state index contributed by atoms with van der Waals surface area (Å²) in [5.74, 6) is -3.02. The molecule has 2 atom stereocenters. The van der Waals surface area contributed by atoms with Gasteiger partial charge in [-0.15, -0.1) is 0 Å². The van der Waals surface area contributed by atoms with E-state index < -0.39 is 17.4 Å². The number of hydrogen-bond acceptors (Lipinski definition) is 6. The maximum absolute atomic E-state index is 5.38. The summed E-state index contributed by atoms with van der Waals surface area (Å²) in [7, 11) is 0. The first-order valence-corrected chi connectivity index (χ1v) is 6.91. The van der Waals surface area contributed by atoms with Crippen molar-refractivity contribution in [3.8, 4) is 0 Å². The smallest absolute Gasteiger partial charge is 0.195 e. The minimum Gasteiger partial charge on any atom is -0.195 e. The molecule has 0 spiro atoms. The van der Waals surface area contributed by atoms with Crippen molar-refractivity contribution in [1.29, 1.82) is 0 Å². The van der Waals surface area contributed by atoms with Crippen LogP contribution in [-0.4, -0.2) is 17.4 Å². The lowest BCUT2D eigenvalue weighted by atomic mass is 10.2. The summed E-state index contributed by atoms with van der Waals surface area (Å²) in [6.07, 6.45) is 2.58. The van der Waals surface area contributed by atoms with Crippen molar-refractivity contribution in [1.82, 2.24) is 0 Å². The van der Waals surface area contributed by atoms with E-state index in [1.165, 1.54) is 0 Å². The van der Waals surface area contributed by atoms with Crippen LogP contribution in [0.2, 0.25) is 0 Å². The highest BCUT2D eigenvalue weighted by Gasteiger charge is 2.42. The Hall–Kier alpha value is -0.240. The molecule has 19 heavy (non-hydrogen) atoms. The third-order valence-corrected chi connectivity index (χ3v) is 3.17. The Morgan fingerprint density at radius 2 is 0.895 bits per heavy atom. The molecule has 114 valence electrons. The molecule has 6 nitrogen and oxygen atoms in total. The molecule has 0 bridgehead atoms. The van der Waals surface area contributed by atoms with Gasteiger partial charge in [-0.3, -0.25) is 0 Å². The molecule has 1 aliphatic heterocycles. The molecule has 0 aromatic carbocycles. The second-order valence-electron chi connectivity index (χ2n) is 5.36. The van der Waals surface area contributed by atoms with Crippen molar-refractivity contribution in [2.75, 3.05) is 0 Å². The molecule has 1 rings (SSSR count). The second kappa shape index (κ2) is 6.47. The van der Waals surface area contributed by atoms with Crippen molar-refractivity contribution >= 4 is 0 Å². The van der Waals surface area contributed by atoms with Gasteiger partial charge in [0.2, 0.25) is 17.4 Å². The van der Waals surface area contributed by atoms with Crippen LogP contribution in [0.3, 0.4) is 0 Å². The lowest BCUT2D eigenvalue weighted by molar-refractivity contribution is -0.543. The summed E-state index contributed by atoms with van der Waals surface area (Å²) < 4.78 is 0. The topological polar surface area (TPSA) is 55.4 Å². The van der Waals surface area contributed by atoms with Crippen LogP contribution in [-0.2, 0) is 29.3 Å². The van der Waals surface area contributed by atoms with E-state index in [1.807, 2.05) is 20.8 Å². The maximum Gasteiger partial charge on any atom is 0.231 e. The first-order valence-electron chi connectivity index (χ1n) is 6.91. The van der Waals surface area contributed by atoms with Gasteiger partial charge in [-0.05, 0) is 20.8 Å². The van der Waals surface area contributed by atoms with Crippen LogP contribution < -0.4 is 0 Å². The summed E-state index contributed by atoms with van der Waals surface area (Å²) in [4.78, 5) is 32.1. The van der Waals surface area contributed by atoms with E-state index in [-0.39, 0.29) is 0 Å². The molecule has 6 heteroatoms. The Bertz CT molecular complexity index is 262. The van der Waals surface area contributed by atoms with Crippen LogP contribution in [0, 0.1) is 0 Å². The minimum atomic E-state index is -1.01. The van der Waals surface area contributed by atoms with Gasteiger partial charge in [-0.25, -0.2) is 0 Å². The van der Waals surface area contributed by atoms with Crippen LogP contribution in [0.15, 0.2) is 0 Å². The van der Waals surface area contributed by atoms with Crippen LogP contribution in [0.1, 0.15) is 67.2 Å². The Morgan fingerprint density at radius 1 is 0.579 bits per heavy atom. The summed E-state index contributed by atoms with van der Waals surface area (Å²) in [6.45, 7) is 11.1. The standard InChI is InChI=1S/C13H26O6/c1-7-10-13(6)18-16-11(4,8-2)14-15-12(5,9-3)17-19-13/h7-10H2,1-6H3. The fourth-order valence-electron chi connectivity index (χ4n) is 1.34. The zero-order valence-electron chi connectivity index (χ0n) is 12.8. The largest absolute Gasteiger partial charge is 0.231 e. The molecule has 0 saturated carbocycles. The van der Waals surface area contributed by atoms with Crippen LogP contribution in [0.4, 0.5) is 0 Å². The Labute approximate surface area is 115 Å². The molecule has 0 aromatic rings. The van der Waals surface area contributed by atoms with Gasteiger partial charge in [0, 0.05) is 19.3 Å². The number of hydrogen-bond donors (Lipinski definition) is 0. The first-order chi connectivity index (χ1) is 8.80. The third-order valence-electron chi connectivity index (χ3n) is 3.17. The van der Waals surface area contributed by atoms with E-state index in [2.05, 4.69) is 0 Å². The highest BCUT2D eigenvalue weighted by atomic mass is 17.4. The van der Waals surface area contributed by atoms with E-state index in [4.69, 9.17) is 29.3 Å². The highest BCUT2D eigenvalue weighted by molar-refractivity contribution is 4.63. The molecule has 1 heterocycles. The third kappa shape index (κ3) is 4.66. The fourth-order valence-corrected chi connectivity index (χ4v) is 1.34. The van der Waals surface area contributed by atoms with Crippen LogP contribution in [0.5, 0.6) is 0 Å². The van der Waals surface area contributed by atoms with Crippen molar-refractivity contribution in [2.24, 2.45) is 0 Å². The van der Waals surface area contributed by atoms with Crippen molar-refractivity contribution in [2.45, 2.75) is 84.6 Å². The lowest BCUT2D eigenvalue weighted by Crippen LogP contribution is -2.38. The highest BCUT2D eigenvalue weighted by Crippen LogP contribution is 2.32. The predicted octanol–water partition coefficient (Wildman–Crippen LogP) is 3.61. The van der Waals surface area contributed by atoms with Crippen molar-refractivity contribution in [3.63, 3.8) is 0 Å². The van der Waals surface area contributed by atoms with Crippen molar-refractivity contribution < 1.29 is 29.3 Å². The average molecular weight is 278 g/mol. The van der Waals surface area contributed by atoms with E-state index >= 15 is 0 Å². The van der Waals surface area contributed by atoms with E-state index in [1.54, 1.807) is 20.8 Å². The first kappa shape index (κ1) is 16.8. The zero-order chi connectivity index (χ0) is 14.6. The van der Waals surface area contributed by atoms with Crippen LogP contribution in [0.25, 0.3) is 0 Å². The van der Waals surface area contributed by atoms with Gasteiger partial charge in [0.15, 0.2) is 0 Å². The summed E-state index contributed by atoms with van der Waals surface area (Å²) in [6, 6.07) is 0. The SMILES string of the molecule is CCCC1(C)OOC(C)(CC)OOC(C)(CC)OO1. The van der Waals surface area contributed by atoms with E-state index in [0.29, 0.717) is 19.3 Å². The van der Waals surface area contributed by atoms with Crippen LogP contribution >= 0.6 is 0 Å². The molecule has 1 saturated heterocycles. The number of rotatable bonds is 4. The molecule has 0 aliphatic carbocycles. The van der Waals surface area contributed by atoms with E-state index in [0.717, 1.165) is 6.42 Å².